The van der Waals surface area contributed by atoms with E-state index in [1.165, 1.54) is 32.1 Å². The minimum atomic E-state index is -4.39. The summed E-state index contributed by atoms with van der Waals surface area (Å²) >= 11 is 1.97. The van der Waals surface area contributed by atoms with Gasteiger partial charge in [0.1, 0.15) is 5.75 Å². The van der Waals surface area contributed by atoms with Crippen LogP contribution in [0.3, 0.4) is 0 Å². The lowest BCUT2D eigenvalue weighted by Gasteiger charge is -2.33. The summed E-state index contributed by atoms with van der Waals surface area (Å²) in [6.07, 6.45) is 2.16. The van der Waals surface area contributed by atoms with Crippen molar-refractivity contribution < 1.29 is 17.9 Å². The Labute approximate surface area is 126 Å². The van der Waals surface area contributed by atoms with Gasteiger partial charge in [0.2, 0.25) is 0 Å². The maximum absolute atomic E-state index is 13.1. The van der Waals surface area contributed by atoms with Gasteiger partial charge in [-0.3, -0.25) is 0 Å². The van der Waals surface area contributed by atoms with Gasteiger partial charge in [-0.2, -0.15) is 24.9 Å². The average molecular weight is 314 g/mol. The molecular weight excluding hydrogens is 297 g/mol. The van der Waals surface area contributed by atoms with Gasteiger partial charge in [0, 0.05) is 10.5 Å². The van der Waals surface area contributed by atoms with Crippen LogP contribution < -0.4 is 4.74 Å². The Balaban J connectivity index is 1.98. The first-order valence-corrected chi connectivity index (χ1v) is 8.03. The summed E-state index contributed by atoms with van der Waals surface area (Å²) < 4.78 is 44.2. The molecule has 2 aliphatic heterocycles. The highest BCUT2D eigenvalue weighted by atomic mass is 32.2. The number of allylic oxidation sites excluding steroid dienone is 1. The zero-order valence-corrected chi connectivity index (χ0v) is 12.6. The third kappa shape index (κ3) is 3.07. The Kier molecular flexibility index (Phi) is 3.95. The third-order valence-corrected chi connectivity index (χ3v) is 5.60. The zero-order chi connectivity index (χ0) is 15.0. The lowest BCUT2D eigenvalue weighted by atomic mass is 9.92. The Hall–Kier alpha value is -1.10. The minimum Gasteiger partial charge on any atom is -0.496 e. The molecule has 0 amide bonds. The Morgan fingerprint density at radius 1 is 1.24 bits per heavy atom. The van der Waals surface area contributed by atoms with Crippen LogP contribution in [0, 0.1) is 0 Å². The number of ether oxygens (including phenoxy) is 1. The van der Waals surface area contributed by atoms with Crippen LogP contribution in [0.5, 0.6) is 5.75 Å². The highest BCUT2D eigenvalue weighted by Crippen LogP contribution is 2.45. The van der Waals surface area contributed by atoms with Crippen molar-refractivity contribution in [2.24, 2.45) is 0 Å². The molecule has 3 rings (SSSR count). The van der Waals surface area contributed by atoms with Gasteiger partial charge < -0.3 is 4.74 Å². The molecule has 1 aromatic rings. The molecule has 1 saturated heterocycles. The molecule has 1 fully saturated rings. The van der Waals surface area contributed by atoms with Crippen LogP contribution in [0.1, 0.15) is 36.8 Å². The van der Waals surface area contributed by atoms with Crippen molar-refractivity contribution in [1.29, 1.82) is 0 Å². The third-order valence-electron chi connectivity index (χ3n) is 4.09. The number of hydrogen-bond donors (Lipinski definition) is 0. The molecule has 1 aromatic carbocycles. The topological polar surface area (TPSA) is 9.23 Å². The Morgan fingerprint density at radius 2 is 2.05 bits per heavy atom. The van der Waals surface area contributed by atoms with Gasteiger partial charge in [-0.05, 0) is 42.5 Å². The number of thioether (sulfide) groups is 1. The predicted molar refractivity (Wildman–Crippen MR) is 79.6 cm³/mol. The molecule has 2 heterocycles. The second-order valence-electron chi connectivity index (χ2n) is 5.54. The molecule has 0 aliphatic carbocycles. The van der Waals surface area contributed by atoms with Crippen LogP contribution in [-0.4, -0.2) is 17.6 Å². The van der Waals surface area contributed by atoms with Gasteiger partial charge in [0.15, 0.2) is 0 Å². The second-order valence-corrected chi connectivity index (χ2v) is 7.08. The van der Waals surface area contributed by atoms with E-state index in [0.717, 1.165) is 18.4 Å². The van der Waals surface area contributed by atoms with E-state index in [1.807, 2.05) is 11.8 Å². The lowest BCUT2D eigenvalue weighted by molar-refractivity contribution is -0.138. The molecule has 1 nitrogen and oxygen atoms in total. The number of rotatable bonds is 2. The van der Waals surface area contributed by atoms with Gasteiger partial charge in [-0.25, -0.2) is 0 Å². The first-order valence-electron chi connectivity index (χ1n) is 7.09. The Morgan fingerprint density at radius 3 is 2.71 bits per heavy atom. The summed E-state index contributed by atoms with van der Waals surface area (Å²) in [5.74, 6) is -0.114. The van der Waals surface area contributed by atoms with Crippen molar-refractivity contribution in [3.05, 3.63) is 35.4 Å². The highest BCUT2D eigenvalue weighted by Gasteiger charge is 2.35. The molecule has 2 bridgehead atoms. The fourth-order valence-electron chi connectivity index (χ4n) is 3.08. The van der Waals surface area contributed by atoms with Crippen LogP contribution in [0.4, 0.5) is 13.2 Å². The van der Waals surface area contributed by atoms with Crippen LogP contribution in [0.2, 0.25) is 0 Å². The monoisotopic (exact) mass is 314 g/mol. The van der Waals surface area contributed by atoms with Crippen molar-refractivity contribution in [2.45, 2.75) is 42.4 Å². The minimum absolute atomic E-state index is 0.114. The molecule has 0 saturated carbocycles. The molecule has 21 heavy (non-hydrogen) atoms. The van der Waals surface area contributed by atoms with Crippen molar-refractivity contribution in [1.82, 2.24) is 0 Å². The quantitative estimate of drug-likeness (QED) is 0.746. The molecule has 0 aromatic heterocycles. The average Bonchev–Trinajstić information content (AvgIpc) is 2.45. The lowest BCUT2D eigenvalue weighted by Crippen LogP contribution is -2.21. The number of alkyl halides is 3. The highest BCUT2D eigenvalue weighted by molar-refractivity contribution is 8.00. The Bertz CT molecular complexity index is 565. The van der Waals surface area contributed by atoms with Gasteiger partial charge in [0.25, 0.3) is 0 Å². The molecule has 114 valence electrons. The normalized spacial score (nSPS) is 25.4. The summed E-state index contributed by atoms with van der Waals surface area (Å²) in [7, 11) is 1.27. The number of halogens is 3. The van der Waals surface area contributed by atoms with E-state index in [4.69, 9.17) is 4.74 Å². The molecule has 0 radical (unpaired) electrons. The van der Waals surface area contributed by atoms with E-state index in [9.17, 15) is 13.2 Å². The standard InChI is InChI=1S/C16H17F3OS/c1-20-15-6-5-10(9-14(15)16(17,18)19)11-7-12-3-2-4-13(8-11)21-12/h5-7,9,12-13H,2-4,8H2,1H3. The van der Waals surface area contributed by atoms with Crippen molar-refractivity contribution in [3.8, 4) is 5.75 Å². The van der Waals surface area contributed by atoms with Gasteiger partial charge >= 0.3 is 6.18 Å². The largest absolute Gasteiger partial charge is 0.496 e. The van der Waals surface area contributed by atoms with E-state index in [0.29, 0.717) is 16.1 Å². The first kappa shape index (κ1) is 14.8. The van der Waals surface area contributed by atoms with Crippen molar-refractivity contribution >= 4 is 17.3 Å². The second kappa shape index (κ2) is 5.59. The van der Waals surface area contributed by atoms with E-state index < -0.39 is 11.7 Å². The fourth-order valence-corrected chi connectivity index (χ4v) is 4.70. The van der Waals surface area contributed by atoms with Crippen molar-refractivity contribution in [3.63, 3.8) is 0 Å². The molecule has 0 N–H and O–H groups in total. The van der Waals surface area contributed by atoms with Gasteiger partial charge in [-0.15, -0.1) is 0 Å². The maximum atomic E-state index is 13.1. The van der Waals surface area contributed by atoms with Crippen LogP contribution in [0.25, 0.3) is 5.57 Å². The molecule has 2 unspecified atom stereocenters. The molecular formula is C16H17F3OS. The summed E-state index contributed by atoms with van der Waals surface area (Å²) in [4.78, 5) is 0. The number of fused-ring (bicyclic) bond motifs is 2. The smallest absolute Gasteiger partial charge is 0.419 e. The first-order chi connectivity index (χ1) is 9.97. The predicted octanol–water partition coefficient (Wildman–Crippen LogP) is 5.16. The van der Waals surface area contributed by atoms with Crippen LogP contribution >= 0.6 is 11.8 Å². The number of methoxy groups -OCH3 is 1. The van der Waals surface area contributed by atoms with E-state index in [2.05, 4.69) is 6.08 Å². The summed E-state index contributed by atoms with van der Waals surface area (Å²) in [5, 5.41) is 1.02. The SMILES string of the molecule is COc1ccc(C2=CC3CCCC(C2)S3)cc1C(F)(F)F. The van der Waals surface area contributed by atoms with Crippen LogP contribution in [0.15, 0.2) is 24.3 Å². The summed E-state index contributed by atoms with van der Waals surface area (Å²) in [6.45, 7) is 0. The zero-order valence-electron chi connectivity index (χ0n) is 11.7. The molecule has 2 aliphatic rings. The van der Waals surface area contributed by atoms with Gasteiger partial charge in [0.05, 0.1) is 12.7 Å². The molecule has 2 atom stereocenters. The molecule has 5 heteroatoms. The fraction of sp³-hybridized carbons (Fsp3) is 0.500. The number of hydrogen-bond acceptors (Lipinski definition) is 2. The summed E-state index contributed by atoms with van der Waals surface area (Å²) in [6, 6.07) is 4.40. The maximum Gasteiger partial charge on any atom is 0.419 e. The van der Waals surface area contributed by atoms with E-state index >= 15 is 0 Å². The van der Waals surface area contributed by atoms with Gasteiger partial charge in [-0.1, -0.05) is 18.6 Å². The van der Waals surface area contributed by atoms with Crippen LogP contribution in [-0.2, 0) is 6.18 Å². The number of benzene rings is 1. The van der Waals surface area contributed by atoms with Crippen molar-refractivity contribution in [2.75, 3.05) is 7.11 Å². The molecule has 0 spiro atoms. The van der Waals surface area contributed by atoms with E-state index in [1.54, 1.807) is 6.07 Å². The summed E-state index contributed by atoms with van der Waals surface area (Å²) in [5.41, 5.74) is 1.05. The van der Waals surface area contributed by atoms with E-state index in [-0.39, 0.29) is 5.75 Å².